The normalized spacial score (nSPS) is 10.7. The van der Waals surface area contributed by atoms with Crippen LogP contribution in [0.15, 0.2) is 29.2 Å². The molecular weight excluding hydrogens is 299 g/mol. The molecule has 0 atom stereocenters. The molecule has 2 aromatic carbocycles. The highest BCUT2D eigenvalue weighted by Crippen LogP contribution is 2.34. The topological polar surface area (TPSA) is 9.23 Å². The van der Waals surface area contributed by atoms with Crippen LogP contribution in [-0.2, 0) is 6.67 Å². The number of alkyl halides is 1. The van der Waals surface area contributed by atoms with Crippen LogP contribution in [0.5, 0.6) is 11.5 Å². The minimum Gasteiger partial charge on any atom is -0.451 e. The summed E-state index contributed by atoms with van der Waals surface area (Å²) in [4.78, 5) is -1.07. The zero-order chi connectivity index (χ0) is 14.9. The number of rotatable bonds is 3. The standard InChI is InChI=1S/C13H7F5OS/c14-5-6-1-3-7(4-2-6)19-12-8(15)10(17)13(20)11(18)9(12)16/h1-4,20H,5H2. The Bertz CT molecular complexity index is 613. The highest BCUT2D eigenvalue weighted by Gasteiger charge is 2.25. The molecule has 2 aromatic rings. The van der Waals surface area contributed by atoms with Crippen LogP contribution in [0.1, 0.15) is 5.56 Å². The Morgan fingerprint density at radius 1 is 0.850 bits per heavy atom. The number of thiol groups is 1. The van der Waals surface area contributed by atoms with Gasteiger partial charge in [0, 0.05) is 0 Å². The number of benzene rings is 2. The van der Waals surface area contributed by atoms with E-state index in [-0.39, 0.29) is 5.75 Å². The quantitative estimate of drug-likeness (QED) is 0.487. The van der Waals surface area contributed by atoms with Crippen LogP contribution in [0, 0.1) is 23.3 Å². The molecule has 0 aromatic heterocycles. The molecule has 0 bridgehead atoms. The molecule has 20 heavy (non-hydrogen) atoms. The fourth-order valence-corrected chi connectivity index (χ4v) is 1.65. The average Bonchev–Trinajstić information content (AvgIpc) is 2.48. The largest absolute Gasteiger partial charge is 0.451 e. The lowest BCUT2D eigenvalue weighted by Crippen LogP contribution is -2.01. The van der Waals surface area contributed by atoms with Gasteiger partial charge in [-0.3, -0.25) is 0 Å². The third-order valence-electron chi connectivity index (χ3n) is 2.50. The van der Waals surface area contributed by atoms with Crippen molar-refractivity contribution >= 4 is 12.6 Å². The van der Waals surface area contributed by atoms with E-state index in [4.69, 9.17) is 4.74 Å². The van der Waals surface area contributed by atoms with Crippen molar-refractivity contribution in [3.63, 3.8) is 0 Å². The minimum atomic E-state index is -1.69. The second kappa shape index (κ2) is 5.70. The number of hydrogen-bond acceptors (Lipinski definition) is 2. The molecule has 106 valence electrons. The van der Waals surface area contributed by atoms with Gasteiger partial charge in [0.15, 0.2) is 11.6 Å². The monoisotopic (exact) mass is 306 g/mol. The second-order valence-electron chi connectivity index (χ2n) is 3.81. The molecule has 0 aliphatic rings. The zero-order valence-corrected chi connectivity index (χ0v) is 10.7. The maximum Gasteiger partial charge on any atom is 0.205 e. The van der Waals surface area contributed by atoms with E-state index in [1.807, 2.05) is 0 Å². The molecular formula is C13H7F5OS. The van der Waals surface area contributed by atoms with Crippen molar-refractivity contribution in [1.82, 2.24) is 0 Å². The first-order valence-corrected chi connectivity index (χ1v) is 5.78. The van der Waals surface area contributed by atoms with Crippen molar-refractivity contribution in [3.05, 3.63) is 53.1 Å². The van der Waals surface area contributed by atoms with Crippen LogP contribution in [0.2, 0.25) is 0 Å². The molecule has 0 radical (unpaired) electrons. The van der Waals surface area contributed by atoms with Gasteiger partial charge >= 0.3 is 0 Å². The van der Waals surface area contributed by atoms with Gasteiger partial charge in [-0.25, -0.2) is 13.2 Å². The van der Waals surface area contributed by atoms with Crippen molar-refractivity contribution in [2.75, 3.05) is 0 Å². The van der Waals surface area contributed by atoms with Gasteiger partial charge in [0.2, 0.25) is 17.4 Å². The summed E-state index contributed by atoms with van der Waals surface area (Å²) >= 11 is 3.32. The van der Waals surface area contributed by atoms with Crippen molar-refractivity contribution < 1.29 is 26.7 Å². The lowest BCUT2D eigenvalue weighted by molar-refractivity contribution is 0.353. The highest BCUT2D eigenvalue weighted by molar-refractivity contribution is 7.80. The van der Waals surface area contributed by atoms with Gasteiger partial charge in [-0.15, -0.1) is 12.6 Å². The van der Waals surface area contributed by atoms with Crippen LogP contribution in [0.3, 0.4) is 0 Å². The van der Waals surface area contributed by atoms with Gasteiger partial charge < -0.3 is 4.74 Å². The average molecular weight is 306 g/mol. The van der Waals surface area contributed by atoms with E-state index >= 15 is 0 Å². The Morgan fingerprint density at radius 2 is 1.35 bits per heavy atom. The summed E-state index contributed by atoms with van der Waals surface area (Å²) in [7, 11) is 0. The first-order valence-electron chi connectivity index (χ1n) is 5.33. The maximum absolute atomic E-state index is 13.5. The van der Waals surface area contributed by atoms with E-state index in [9.17, 15) is 22.0 Å². The molecule has 0 amide bonds. The fraction of sp³-hybridized carbons (Fsp3) is 0.0769. The second-order valence-corrected chi connectivity index (χ2v) is 4.26. The van der Waals surface area contributed by atoms with E-state index in [0.29, 0.717) is 5.56 Å². The maximum atomic E-state index is 13.5. The van der Waals surface area contributed by atoms with Crippen molar-refractivity contribution in [1.29, 1.82) is 0 Å². The summed E-state index contributed by atoms with van der Waals surface area (Å²) in [5.41, 5.74) is 0.321. The van der Waals surface area contributed by atoms with E-state index in [0.717, 1.165) is 0 Å². The molecule has 1 nitrogen and oxygen atoms in total. The van der Waals surface area contributed by atoms with Gasteiger partial charge in [0.05, 0.1) is 4.90 Å². The van der Waals surface area contributed by atoms with Gasteiger partial charge in [-0.05, 0) is 17.7 Å². The van der Waals surface area contributed by atoms with Crippen molar-refractivity contribution in [2.45, 2.75) is 11.6 Å². The zero-order valence-electron chi connectivity index (χ0n) is 9.76. The molecule has 0 spiro atoms. The summed E-state index contributed by atoms with van der Waals surface area (Å²) in [6, 6.07) is 5.06. The molecule has 0 aliphatic heterocycles. The molecule has 0 N–H and O–H groups in total. The first-order chi connectivity index (χ1) is 9.45. The summed E-state index contributed by atoms with van der Waals surface area (Å²) in [5, 5.41) is 0. The molecule has 7 heteroatoms. The molecule has 0 fully saturated rings. The lowest BCUT2D eigenvalue weighted by Gasteiger charge is -2.10. The van der Waals surface area contributed by atoms with Gasteiger partial charge in [-0.1, -0.05) is 12.1 Å². The van der Waals surface area contributed by atoms with Crippen LogP contribution >= 0.6 is 12.6 Å². The number of ether oxygens (including phenoxy) is 1. The Morgan fingerprint density at radius 3 is 1.80 bits per heavy atom. The van der Waals surface area contributed by atoms with E-state index in [2.05, 4.69) is 12.6 Å². The van der Waals surface area contributed by atoms with E-state index in [1.54, 1.807) is 0 Å². The Hall–Kier alpha value is -1.76. The SMILES string of the molecule is FCc1ccc(Oc2c(F)c(F)c(S)c(F)c2F)cc1. The van der Waals surface area contributed by atoms with Crippen LogP contribution in [0.25, 0.3) is 0 Å². The smallest absolute Gasteiger partial charge is 0.205 e. The van der Waals surface area contributed by atoms with Crippen molar-refractivity contribution in [2.24, 2.45) is 0 Å². The van der Waals surface area contributed by atoms with Crippen molar-refractivity contribution in [3.8, 4) is 11.5 Å². The Labute approximate surface area is 116 Å². The molecule has 0 unspecified atom stereocenters. The summed E-state index contributed by atoms with van der Waals surface area (Å²) in [6.45, 7) is -0.722. The molecule has 0 heterocycles. The van der Waals surface area contributed by atoms with E-state index in [1.165, 1.54) is 24.3 Å². The lowest BCUT2D eigenvalue weighted by atomic mass is 10.2. The first kappa shape index (κ1) is 14.6. The summed E-state index contributed by atoms with van der Waals surface area (Å²) in [6.07, 6.45) is 0. The predicted octanol–water partition coefficient (Wildman–Crippen LogP) is 4.79. The van der Waals surface area contributed by atoms with E-state index < -0.39 is 40.6 Å². The predicted molar refractivity (Wildman–Crippen MR) is 64.9 cm³/mol. The molecule has 2 rings (SSSR count). The minimum absolute atomic E-state index is 0.0919. The molecule has 0 aliphatic carbocycles. The summed E-state index contributed by atoms with van der Waals surface area (Å²) in [5.74, 6) is -7.99. The van der Waals surface area contributed by atoms with Gasteiger partial charge in [-0.2, -0.15) is 8.78 Å². The van der Waals surface area contributed by atoms with Gasteiger partial charge in [0.1, 0.15) is 12.4 Å². The van der Waals surface area contributed by atoms with Crippen LogP contribution in [-0.4, -0.2) is 0 Å². The highest BCUT2D eigenvalue weighted by atomic mass is 32.1. The number of hydrogen-bond donors (Lipinski definition) is 1. The van der Waals surface area contributed by atoms with Crippen LogP contribution < -0.4 is 4.74 Å². The number of halogens is 5. The Balaban J connectivity index is 2.42. The third-order valence-corrected chi connectivity index (χ3v) is 2.89. The van der Waals surface area contributed by atoms with Crippen LogP contribution in [0.4, 0.5) is 22.0 Å². The molecule has 0 saturated carbocycles. The fourth-order valence-electron chi connectivity index (χ4n) is 1.45. The van der Waals surface area contributed by atoms with Gasteiger partial charge in [0.25, 0.3) is 0 Å². The Kier molecular flexibility index (Phi) is 4.17. The summed E-state index contributed by atoms with van der Waals surface area (Å²) < 4.78 is 70.6. The third kappa shape index (κ3) is 2.58. The molecule has 0 saturated heterocycles.